The van der Waals surface area contributed by atoms with Gasteiger partial charge in [-0.15, -0.1) is 0 Å². The van der Waals surface area contributed by atoms with Gasteiger partial charge < -0.3 is 4.90 Å². The van der Waals surface area contributed by atoms with Crippen LogP contribution >= 0.6 is 0 Å². The third-order valence-corrected chi connectivity index (χ3v) is 5.77. The molecule has 2 aromatic carbocycles. The van der Waals surface area contributed by atoms with Gasteiger partial charge in [-0.2, -0.15) is 13.2 Å². The van der Waals surface area contributed by atoms with Crippen molar-refractivity contribution in [1.29, 1.82) is 0 Å². The van der Waals surface area contributed by atoms with E-state index in [2.05, 4.69) is 57.9 Å². The summed E-state index contributed by atoms with van der Waals surface area (Å²) in [5.41, 5.74) is 4.16. The minimum Gasteiger partial charge on any atom is -0.365 e. The van der Waals surface area contributed by atoms with Gasteiger partial charge in [-0.25, -0.2) is 0 Å². The van der Waals surface area contributed by atoms with Crippen molar-refractivity contribution >= 4 is 0 Å². The van der Waals surface area contributed by atoms with E-state index in [0.29, 0.717) is 12.1 Å². The van der Waals surface area contributed by atoms with Gasteiger partial charge in [0.25, 0.3) is 0 Å². The average Bonchev–Trinajstić information content (AvgIpc) is 2.74. The van der Waals surface area contributed by atoms with Crippen LogP contribution in [-0.2, 0) is 12.7 Å². The molecule has 0 atom stereocenters. The van der Waals surface area contributed by atoms with Crippen LogP contribution in [0.15, 0.2) is 65.9 Å². The Hall–Kier alpha value is -2.75. The van der Waals surface area contributed by atoms with Crippen LogP contribution in [0.3, 0.4) is 0 Å². The second kappa shape index (κ2) is 9.17. The molecule has 0 aromatic heterocycles. The first kappa shape index (κ1) is 21.5. The van der Waals surface area contributed by atoms with Gasteiger partial charge in [0, 0.05) is 50.9 Å². The summed E-state index contributed by atoms with van der Waals surface area (Å²) in [5, 5.41) is 0. The minimum atomic E-state index is -4.31. The summed E-state index contributed by atoms with van der Waals surface area (Å²) >= 11 is 0. The number of alkyl halides is 3. The molecule has 4 rings (SSSR count). The highest BCUT2D eigenvalue weighted by Gasteiger charge is 2.30. The highest BCUT2D eigenvalue weighted by Crippen LogP contribution is 2.29. The molecule has 31 heavy (non-hydrogen) atoms. The van der Waals surface area contributed by atoms with Crippen LogP contribution in [0, 0.1) is 11.8 Å². The van der Waals surface area contributed by atoms with Gasteiger partial charge >= 0.3 is 6.18 Å². The molecule has 0 saturated carbocycles. The number of benzene rings is 2. The Morgan fingerprint density at radius 1 is 0.935 bits per heavy atom. The quantitative estimate of drug-likeness (QED) is 0.674. The zero-order valence-electron chi connectivity index (χ0n) is 17.6. The van der Waals surface area contributed by atoms with Crippen molar-refractivity contribution in [3.63, 3.8) is 0 Å². The smallest absolute Gasteiger partial charge is 0.365 e. The van der Waals surface area contributed by atoms with Crippen LogP contribution in [0.1, 0.15) is 23.1 Å². The Morgan fingerprint density at radius 2 is 1.65 bits per heavy atom. The maximum absolute atomic E-state index is 12.7. The largest absolute Gasteiger partial charge is 0.416 e. The molecular formula is C25H26F3N3. The highest BCUT2D eigenvalue weighted by molar-refractivity contribution is 5.37. The molecule has 0 saturated heterocycles. The summed E-state index contributed by atoms with van der Waals surface area (Å²) in [6, 6.07) is 15.5. The van der Waals surface area contributed by atoms with Crippen LogP contribution in [0.5, 0.6) is 0 Å². The summed E-state index contributed by atoms with van der Waals surface area (Å²) in [6.45, 7) is 5.25. The van der Waals surface area contributed by atoms with E-state index in [1.54, 1.807) is 0 Å². The molecule has 0 radical (unpaired) electrons. The van der Waals surface area contributed by atoms with Gasteiger partial charge in [-0.3, -0.25) is 9.80 Å². The molecule has 0 bridgehead atoms. The molecule has 162 valence electrons. The van der Waals surface area contributed by atoms with E-state index in [0.717, 1.165) is 51.4 Å². The lowest BCUT2D eigenvalue weighted by Crippen LogP contribution is -2.47. The molecule has 2 aliphatic heterocycles. The van der Waals surface area contributed by atoms with Crippen LogP contribution in [0.4, 0.5) is 13.2 Å². The first-order valence-electron chi connectivity index (χ1n) is 10.5. The van der Waals surface area contributed by atoms with Crippen LogP contribution in [0.25, 0.3) is 0 Å². The summed E-state index contributed by atoms with van der Waals surface area (Å²) in [7, 11) is 2.16. The van der Waals surface area contributed by atoms with E-state index in [4.69, 9.17) is 0 Å². The molecule has 2 aromatic rings. The SMILES string of the molecule is CN1CN(Cc2ccccc2)CC2=C1CCN(CC#Cc1ccc(C(F)(F)F)cc1)C2. The van der Waals surface area contributed by atoms with Gasteiger partial charge in [-0.1, -0.05) is 42.2 Å². The Morgan fingerprint density at radius 3 is 2.35 bits per heavy atom. The minimum absolute atomic E-state index is 0.608. The van der Waals surface area contributed by atoms with Crippen molar-refractivity contribution in [1.82, 2.24) is 14.7 Å². The van der Waals surface area contributed by atoms with Crippen molar-refractivity contribution in [2.75, 3.05) is 39.9 Å². The Kier molecular flexibility index (Phi) is 6.35. The van der Waals surface area contributed by atoms with Gasteiger partial charge in [-0.05, 0) is 35.4 Å². The molecule has 0 unspecified atom stereocenters. The lowest BCUT2D eigenvalue weighted by molar-refractivity contribution is -0.137. The van der Waals surface area contributed by atoms with Crippen LogP contribution in [-0.4, -0.2) is 54.6 Å². The Balaban J connectivity index is 1.35. The average molecular weight is 425 g/mol. The predicted octanol–water partition coefficient (Wildman–Crippen LogP) is 4.42. The molecule has 0 spiro atoms. The molecule has 0 aliphatic carbocycles. The molecule has 3 nitrogen and oxygen atoms in total. The fourth-order valence-corrected chi connectivity index (χ4v) is 4.27. The van der Waals surface area contributed by atoms with Crippen molar-refractivity contribution < 1.29 is 13.2 Å². The maximum Gasteiger partial charge on any atom is 0.416 e. The molecule has 2 aliphatic rings. The van der Waals surface area contributed by atoms with Gasteiger partial charge in [0.15, 0.2) is 0 Å². The third-order valence-electron chi connectivity index (χ3n) is 5.77. The first-order chi connectivity index (χ1) is 14.9. The van der Waals surface area contributed by atoms with Crippen LogP contribution in [0.2, 0.25) is 0 Å². The second-order valence-electron chi connectivity index (χ2n) is 8.20. The second-order valence-corrected chi connectivity index (χ2v) is 8.20. The van der Waals surface area contributed by atoms with Crippen LogP contribution < -0.4 is 0 Å². The summed E-state index contributed by atoms with van der Waals surface area (Å²) in [5.74, 6) is 6.13. The van der Waals surface area contributed by atoms with E-state index in [-0.39, 0.29) is 0 Å². The zero-order valence-corrected chi connectivity index (χ0v) is 17.6. The van der Waals surface area contributed by atoms with E-state index < -0.39 is 11.7 Å². The van der Waals surface area contributed by atoms with Gasteiger partial charge in [0.05, 0.1) is 18.8 Å². The zero-order chi connectivity index (χ0) is 21.8. The Labute approximate surface area is 181 Å². The third kappa shape index (κ3) is 5.49. The molecule has 2 heterocycles. The standard InChI is InChI=1S/C25H26F3N3/c1-29-19-31(16-21-6-3-2-4-7-21)18-22-17-30(15-13-24(22)29)14-5-8-20-9-11-23(12-10-20)25(26,27)28/h2-4,6-7,9-12H,13-19H2,1H3. The monoisotopic (exact) mass is 425 g/mol. The normalized spacial score (nSPS) is 17.9. The Bertz CT molecular complexity index is 985. The fraction of sp³-hybridized carbons (Fsp3) is 0.360. The maximum atomic E-state index is 12.7. The summed E-state index contributed by atoms with van der Waals surface area (Å²) in [4.78, 5) is 7.12. The molecule has 0 fully saturated rings. The van der Waals surface area contributed by atoms with Crippen molar-refractivity contribution in [2.24, 2.45) is 0 Å². The van der Waals surface area contributed by atoms with Crippen molar-refractivity contribution in [2.45, 2.75) is 19.1 Å². The van der Waals surface area contributed by atoms with E-state index in [1.165, 1.54) is 29.0 Å². The van der Waals surface area contributed by atoms with E-state index >= 15 is 0 Å². The lowest BCUT2D eigenvalue weighted by atomic mass is 10.0. The van der Waals surface area contributed by atoms with E-state index in [9.17, 15) is 13.2 Å². The molecule has 0 amide bonds. The first-order valence-corrected chi connectivity index (χ1v) is 10.5. The molecule has 6 heteroatoms. The highest BCUT2D eigenvalue weighted by atomic mass is 19.4. The van der Waals surface area contributed by atoms with Crippen molar-refractivity contribution in [3.8, 4) is 11.8 Å². The number of halogens is 3. The van der Waals surface area contributed by atoms with Gasteiger partial charge in [0.2, 0.25) is 0 Å². The number of hydrogen-bond acceptors (Lipinski definition) is 3. The topological polar surface area (TPSA) is 9.72 Å². The predicted molar refractivity (Wildman–Crippen MR) is 116 cm³/mol. The van der Waals surface area contributed by atoms with E-state index in [1.807, 2.05) is 6.07 Å². The summed E-state index contributed by atoms with van der Waals surface area (Å²) in [6.07, 6.45) is -3.31. The number of rotatable bonds is 3. The number of nitrogens with zero attached hydrogens (tertiary/aromatic N) is 3. The summed E-state index contributed by atoms with van der Waals surface area (Å²) < 4.78 is 38.0. The number of hydrogen-bond donors (Lipinski definition) is 0. The van der Waals surface area contributed by atoms with Gasteiger partial charge in [0.1, 0.15) is 0 Å². The fourth-order valence-electron chi connectivity index (χ4n) is 4.27. The molecule has 0 N–H and O–H groups in total. The lowest BCUT2D eigenvalue weighted by Gasteiger charge is -2.42. The van der Waals surface area contributed by atoms with Crippen molar-refractivity contribution in [3.05, 3.63) is 82.6 Å². The molecular weight excluding hydrogens is 399 g/mol.